The summed E-state index contributed by atoms with van der Waals surface area (Å²) in [5, 5.41) is 6.65. The highest BCUT2D eigenvalue weighted by Crippen LogP contribution is 2.67. The third-order valence-corrected chi connectivity index (χ3v) is 8.41. The molecular weight excluding hydrogens is 357 g/mol. The summed E-state index contributed by atoms with van der Waals surface area (Å²) < 4.78 is 0. The van der Waals surface area contributed by atoms with Gasteiger partial charge in [-0.1, -0.05) is 121 Å². The van der Waals surface area contributed by atoms with Crippen LogP contribution in [0.15, 0.2) is 121 Å². The topological polar surface area (TPSA) is 21.9 Å². The van der Waals surface area contributed by atoms with E-state index in [4.69, 9.17) is 0 Å². The lowest BCUT2D eigenvalue weighted by molar-refractivity contribution is 0.939. The SMILES string of the molecule is c1ccc(C2NC2(c2ccccc2)P(c2ccccc2)c2ccccc2)cc1. The van der Waals surface area contributed by atoms with Gasteiger partial charge in [-0.15, -0.1) is 0 Å². The van der Waals surface area contributed by atoms with Gasteiger partial charge in [-0.25, -0.2) is 0 Å². The summed E-state index contributed by atoms with van der Waals surface area (Å²) in [5.41, 5.74) is 2.72. The van der Waals surface area contributed by atoms with Crippen molar-refractivity contribution in [2.45, 2.75) is 11.3 Å². The average Bonchev–Trinajstić information content (AvgIpc) is 3.53. The molecule has 1 heterocycles. The van der Waals surface area contributed by atoms with Crippen LogP contribution in [0.25, 0.3) is 0 Å². The molecule has 0 saturated carbocycles. The Hall–Kier alpha value is -2.73. The van der Waals surface area contributed by atoms with E-state index in [-0.39, 0.29) is 5.28 Å². The molecule has 28 heavy (non-hydrogen) atoms. The fourth-order valence-electron chi connectivity index (χ4n) is 4.12. The van der Waals surface area contributed by atoms with Gasteiger partial charge in [0.05, 0.1) is 11.3 Å². The first-order valence-corrected chi connectivity index (χ1v) is 11.0. The Morgan fingerprint density at radius 3 is 1.46 bits per heavy atom. The maximum Gasteiger partial charge on any atom is 0.0920 e. The third-order valence-electron chi connectivity index (χ3n) is 5.43. The summed E-state index contributed by atoms with van der Waals surface area (Å²) in [7, 11) is -0.633. The fraction of sp³-hybridized carbons (Fsp3) is 0.0769. The Morgan fingerprint density at radius 2 is 0.964 bits per heavy atom. The Balaban J connectivity index is 1.71. The molecule has 1 nitrogen and oxygen atoms in total. The maximum absolute atomic E-state index is 3.94. The van der Waals surface area contributed by atoms with E-state index in [1.165, 1.54) is 21.7 Å². The van der Waals surface area contributed by atoms with Crippen molar-refractivity contribution in [3.8, 4) is 0 Å². The zero-order valence-electron chi connectivity index (χ0n) is 15.6. The summed E-state index contributed by atoms with van der Waals surface area (Å²) in [6.07, 6.45) is 0. The molecule has 2 unspecified atom stereocenters. The minimum absolute atomic E-state index is 0.0966. The second kappa shape index (κ2) is 7.36. The average molecular weight is 379 g/mol. The van der Waals surface area contributed by atoms with Gasteiger partial charge in [-0.2, -0.15) is 0 Å². The van der Waals surface area contributed by atoms with Crippen molar-refractivity contribution in [3.05, 3.63) is 132 Å². The van der Waals surface area contributed by atoms with Crippen LogP contribution in [-0.4, -0.2) is 0 Å². The summed E-state index contributed by atoms with van der Waals surface area (Å²) in [6.45, 7) is 0. The predicted molar refractivity (Wildman–Crippen MR) is 120 cm³/mol. The van der Waals surface area contributed by atoms with Crippen molar-refractivity contribution in [1.29, 1.82) is 0 Å². The third kappa shape index (κ3) is 2.98. The van der Waals surface area contributed by atoms with Crippen LogP contribution in [-0.2, 0) is 5.28 Å². The van der Waals surface area contributed by atoms with E-state index in [0.717, 1.165) is 0 Å². The molecule has 0 radical (unpaired) electrons. The monoisotopic (exact) mass is 379 g/mol. The van der Waals surface area contributed by atoms with Gasteiger partial charge in [-0.05, 0) is 29.7 Å². The molecule has 1 saturated heterocycles. The molecule has 136 valence electrons. The number of benzene rings is 4. The Morgan fingerprint density at radius 1 is 0.536 bits per heavy atom. The van der Waals surface area contributed by atoms with Gasteiger partial charge in [0, 0.05) is 0 Å². The van der Waals surface area contributed by atoms with Crippen molar-refractivity contribution in [2.24, 2.45) is 0 Å². The van der Waals surface area contributed by atoms with Crippen molar-refractivity contribution >= 4 is 18.5 Å². The highest BCUT2D eigenvalue weighted by molar-refractivity contribution is 7.74. The summed E-state index contributed by atoms with van der Waals surface area (Å²) in [6, 6.07) is 44.1. The first kappa shape index (κ1) is 17.4. The summed E-state index contributed by atoms with van der Waals surface area (Å²) in [5.74, 6) is 0. The van der Waals surface area contributed by atoms with Crippen molar-refractivity contribution in [2.75, 3.05) is 0 Å². The molecule has 1 aliphatic heterocycles. The molecule has 0 aromatic heterocycles. The number of rotatable bonds is 5. The van der Waals surface area contributed by atoms with Crippen LogP contribution >= 0.6 is 7.92 Å². The first-order chi connectivity index (χ1) is 13.9. The maximum atomic E-state index is 3.94. The van der Waals surface area contributed by atoms with Crippen LogP contribution in [0.5, 0.6) is 0 Å². The second-order valence-electron chi connectivity index (χ2n) is 7.13. The standard InChI is InChI=1S/C26H22NP/c1-5-13-21(14-6-1)25-26(27-25,22-15-7-2-8-16-22)28(23-17-9-3-10-18-23)24-19-11-4-12-20-24/h1-20,25,27H. The Kier molecular flexibility index (Phi) is 4.56. The van der Waals surface area contributed by atoms with Crippen LogP contribution in [0.2, 0.25) is 0 Å². The highest BCUT2D eigenvalue weighted by Gasteiger charge is 2.61. The number of hydrogen-bond donors (Lipinski definition) is 1. The van der Waals surface area contributed by atoms with E-state index >= 15 is 0 Å². The molecule has 0 aliphatic carbocycles. The molecular formula is C26H22NP. The lowest BCUT2D eigenvalue weighted by Gasteiger charge is -2.29. The molecule has 0 amide bonds. The van der Waals surface area contributed by atoms with Crippen molar-refractivity contribution in [1.82, 2.24) is 5.32 Å². The summed E-state index contributed by atoms with van der Waals surface area (Å²) in [4.78, 5) is 0. The highest BCUT2D eigenvalue weighted by atomic mass is 31.1. The van der Waals surface area contributed by atoms with Gasteiger partial charge in [0.25, 0.3) is 0 Å². The van der Waals surface area contributed by atoms with E-state index in [1.54, 1.807) is 0 Å². The predicted octanol–water partition coefficient (Wildman–Crippen LogP) is 5.32. The quantitative estimate of drug-likeness (QED) is 0.368. The summed E-state index contributed by atoms with van der Waals surface area (Å²) >= 11 is 0. The van der Waals surface area contributed by atoms with Crippen LogP contribution in [0.1, 0.15) is 17.2 Å². The molecule has 5 rings (SSSR count). The lowest BCUT2D eigenvalue weighted by Crippen LogP contribution is -2.25. The molecule has 1 fully saturated rings. The van der Waals surface area contributed by atoms with Gasteiger partial charge >= 0.3 is 0 Å². The van der Waals surface area contributed by atoms with E-state index in [9.17, 15) is 0 Å². The van der Waals surface area contributed by atoms with E-state index in [2.05, 4.69) is 127 Å². The minimum Gasteiger partial charge on any atom is -0.292 e. The first-order valence-electron chi connectivity index (χ1n) is 9.68. The number of hydrogen-bond acceptors (Lipinski definition) is 1. The van der Waals surface area contributed by atoms with Gasteiger partial charge in [0.2, 0.25) is 0 Å². The molecule has 2 atom stereocenters. The van der Waals surface area contributed by atoms with E-state index < -0.39 is 7.92 Å². The lowest BCUT2D eigenvalue weighted by atomic mass is 10.0. The molecule has 4 aromatic rings. The van der Waals surface area contributed by atoms with E-state index in [0.29, 0.717) is 6.04 Å². The zero-order chi connectivity index (χ0) is 18.8. The van der Waals surface area contributed by atoms with Crippen LogP contribution < -0.4 is 15.9 Å². The fourth-order valence-corrected chi connectivity index (χ4v) is 7.25. The van der Waals surface area contributed by atoms with Crippen molar-refractivity contribution in [3.63, 3.8) is 0 Å². The van der Waals surface area contributed by atoms with Gasteiger partial charge in [0.1, 0.15) is 0 Å². The minimum atomic E-state index is -0.633. The van der Waals surface area contributed by atoms with Crippen molar-refractivity contribution < 1.29 is 0 Å². The molecule has 2 heteroatoms. The molecule has 0 bridgehead atoms. The molecule has 4 aromatic carbocycles. The molecule has 0 spiro atoms. The molecule has 1 N–H and O–H groups in total. The van der Waals surface area contributed by atoms with Gasteiger partial charge in [0.15, 0.2) is 0 Å². The number of nitrogens with one attached hydrogen (secondary N) is 1. The van der Waals surface area contributed by atoms with Crippen LogP contribution in [0.3, 0.4) is 0 Å². The molecule has 1 aliphatic rings. The normalized spacial score (nSPS) is 20.8. The van der Waals surface area contributed by atoms with E-state index in [1.807, 2.05) is 0 Å². The van der Waals surface area contributed by atoms with Crippen LogP contribution in [0.4, 0.5) is 0 Å². The van der Waals surface area contributed by atoms with Gasteiger partial charge in [-0.3, -0.25) is 5.32 Å². The van der Waals surface area contributed by atoms with Gasteiger partial charge < -0.3 is 0 Å². The van der Waals surface area contributed by atoms with Crippen LogP contribution in [0, 0.1) is 0 Å². The second-order valence-corrected chi connectivity index (χ2v) is 9.54. The zero-order valence-corrected chi connectivity index (χ0v) is 16.5. The Bertz CT molecular complexity index is 995. The Labute approximate surface area is 167 Å². The largest absolute Gasteiger partial charge is 0.292 e. The smallest absolute Gasteiger partial charge is 0.0920 e.